The zero-order chi connectivity index (χ0) is 29.7. The van der Waals surface area contributed by atoms with Gasteiger partial charge in [-0.1, -0.05) is 54.4 Å². The molecule has 0 aromatic rings. The molecule has 4 aliphatic carbocycles. The van der Waals surface area contributed by atoms with Crippen LogP contribution in [0.2, 0.25) is 0 Å². The van der Waals surface area contributed by atoms with E-state index in [0.717, 1.165) is 60.7 Å². The molecular formula is C35H62O6. The summed E-state index contributed by atoms with van der Waals surface area (Å²) in [5, 5.41) is 40.4. The van der Waals surface area contributed by atoms with Crippen LogP contribution in [-0.4, -0.2) is 63.8 Å². The van der Waals surface area contributed by atoms with E-state index in [9.17, 15) is 20.4 Å². The van der Waals surface area contributed by atoms with Gasteiger partial charge in [-0.05, 0) is 122 Å². The summed E-state index contributed by atoms with van der Waals surface area (Å²) in [5.74, 6) is 6.51. The van der Waals surface area contributed by atoms with E-state index in [4.69, 9.17) is 9.47 Å². The highest BCUT2D eigenvalue weighted by Gasteiger charge is 2.61. The fourth-order valence-corrected chi connectivity index (χ4v) is 11.4. The van der Waals surface area contributed by atoms with E-state index < -0.39 is 37.3 Å². The molecule has 5 fully saturated rings. The number of hydrogen-bond acceptors (Lipinski definition) is 6. The van der Waals surface area contributed by atoms with E-state index in [1.54, 1.807) is 0 Å². The van der Waals surface area contributed by atoms with Crippen LogP contribution in [0.1, 0.15) is 119 Å². The van der Waals surface area contributed by atoms with E-state index in [-0.39, 0.29) is 6.10 Å². The smallest absolute Gasteiger partial charge is 0.186 e. The van der Waals surface area contributed by atoms with Crippen LogP contribution in [0.4, 0.5) is 0 Å². The molecule has 5 rings (SSSR count). The third kappa shape index (κ3) is 5.81. The highest BCUT2D eigenvalue weighted by molar-refractivity contribution is 5.10. The molecule has 4 N–H and O–H groups in total. The molecule has 4 saturated carbocycles. The second-order valence-corrected chi connectivity index (χ2v) is 16.1. The average molecular weight is 579 g/mol. The van der Waals surface area contributed by atoms with Gasteiger partial charge in [0, 0.05) is 0 Å². The summed E-state index contributed by atoms with van der Waals surface area (Å²) >= 11 is 0. The molecule has 238 valence electrons. The van der Waals surface area contributed by atoms with Crippen LogP contribution in [-0.2, 0) is 9.47 Å². The zero-order valence-electron chi connectivity index (χ0n) is 26.9. The maximum Gasteiger partial charge on any atom is 0.186 e. The van der Waals surface area contributed by atoms with Gasteiger partial charge in [-0.2, -0.15) is 0 Å². The summed E-state index contributed by atoms with van der Waals surface area (Å²) in [6, 6.07) is 0. The van der Waals surface area contributed by atoms with Gasteiger partial charge >= 0.3 is 0 Å². The van der Waals surface area contributed by atoms with E-state index in [2.05, 4.69) is 41.5 Å². The van der Waals surface area contributed by atoms with Crippen molar-refractivity contribution >= 4 is 0 Å². The van der Waals surface area contributed by atoms with Gasteiger partial charge in [-0.3, -0.25) is 0 Å². The van der Waals surface area contributed by atoms with Crippen molar-refractivity contribution in [3.63, 3.8) is 0 Å². The van der Waals surface area contributed by atoms with E-state index in [0.29, 0.717) is 16.7 Å². The second kappa shape index (κ2) is 12.6. The summed E-state index contributed by atoms with van der Waals surface area (Å²) in [6.07, 6.45) is 9.34. The lowest BCUT2D eigenvalue weighted by atomic mass is 9.44. The molecule has 5 aliphatic rings. The Morgan fingerprint density at radius 1 is 0.829 bits per heavy atom. The molecule has 6 nitrogen and oxygen atoms in total. The van der Waals surface area contributed by atoms with Crippen LogP contribution in [0, 0.1) is 58.2 Å². The first kappa shape index (κ1) is 32.2. The first-order valence-electron chi connectivity index (χ1n) is 17.4. The van der Waals surface area contributed by atoms with Crippen molar-refractivity contribution in [2.75, 3.05) is 6.61 Å². The number of ether oxygens (including phenoxy) is 2. The first-order chi connectivity index (χ1) is 19.4. The Bertz CT molecular complexity index is 864. The minimum absolute atomic E-state index is 0.0330. The van der Waals surface area contributed by atoms with Crippen LogP contribution in [0.3, 0.4) is 0 Å². The minimum Gasteiger partial charge on any atom is -0.394 e. The van der Waals surface area contributed by atoms with Crippen molar-refractivity contribution in [3.8, 4) is 0 Å². The number of fused-ring (bicyclic) bond motifs is 5. The summed E-state index contributed by atoms with van der Waals surface area (Å²) in [6.45, 7) is 14.6. The lowest BCUT2D eigenvalue weighted by Gasteiger charge is -2.61. The SMILES string of the molecule is CCC(CC[C@@H](C)[C@H]1CC[C@H]2[C@@H]3CC[C@H]4C[C@@H](O[C@@H]5O[C@H](CO)[C@@H](O)[C@H](O)[C@H]5O)CC[C@]4(C)[C@H]3CC[C@]12C)C(C)C. The van der Waals surface area contributed by atoms with Gasteiger partial charge in [-0.15, -0.1) is 0 Å². The molecular weight excluding hydrogens is 516 g/mol. The number of hydrogen-bond donors (Lipinski definition) is 4. The standard InChI is InChI=1S/C35H62O6/c1-7-22(20(2)3)9-8-21(4)26-12-13-27-25-11-10-23-18-24(14-16-34(23,5)28(25)15-17-35(26,27)6)40-33-32(39)31(38)30(37)29(19-36)41-33/h20-33,36-39H,7-19H2,1-6H3/t21-,22?,23+,24+,25+,26-,27+,28+,29-,30-,31+,32-,33-,34+,35-/m1/s1. The predicted octanol–water partition coefficient (Wildman–Crippen LogP) is 5.93. The molecule has 1 unspecified atom stereocenters. The van der Waals surface area contributed by atoms with E-state index in [1.807, 2.05) is 0 Å². The van der Waals surface area contributed by atoms with Crippen molar-refractivity contribution < 1.29 is 29.9 Å². The third-order valence-corrected chi connectivity index (χ3v) is 14.0. The van der Waals surface area contributed by atoms with Gasteiger partial charge in [-0.25, -0.2) is 0 Å². The summed E-state index contributed by atoms with van der Waals surface area (Å²) < 4.78 is 11.9. The topological polar surface area (TPSA) is 99.4 Å². The summed E-state index contributed by atoms with van der Waals surface area (Å²) in [7, 11) is 0. The molecule has 0 radical (unpaired) electrons. The lowest BCUT2D eigenvalue weighted by Crippen LogP contribution is -2.60. The Morgan fingerprint density at radius 3 is 2.22 bits per heavy atom. The maximum absolute atomic E-state index is 10.5. The highest BCUT2D eigenvalue weighted by atomic mass is 16.7. The molecule has 1 aliphatic heterocycles. The lowest BCUT2D eigenvalue weighted by molar-refractivity contribution is -0.316. The van der Waals surface area contributed by atoms with Crippen LogP contribution >= 0.6 is 0 Å². The zero-order valence-corrected chi connectivity index (χ0v) is 26.9. The molecule has 0 bridgehead atoms. The molecule has 0 spiro atoms. The molecule has 0 amide bonds. The van der Waals surface area contributed by atoms with Gasteiger partial charge in [0.05, 0.1) is 12.7 Å². The monoisotopic (exact) mass is 578 g/mol. The highest BCUT2D eigenvalue weighted by Crippen LogP contribution is 2.68. The van der Waals surface area contributed by atoms with Crippen molar-refractivity contribution in [3.05, 3.63) is 0 Å². The normalized spacial score (nSPS) is 49.7. The van der Waals surface area contributed by atoms with Crippen LogP contribution in [0.15, 0.2) is 0 Å². The summed E-state index contributed by atoms with van der Waals surface area (Å²) in [5.41, 5.74) is 0.849. The second-order valence-electron chi connectivity index (χ2n) is 16.1. The Kier molecular flexibility index (Phi) is 9.91. The fourth-order valence-electron chi connectivity index (χ4n) is 11.4. The minimum atomic E-state index is -1.38. The fraction of sp³-hybridized carbons (Fsp3) is 1.00. The van der Waals surface area contributed by atoms with Gasteiger partial charge in [0.1, 0.15) is 24.4 Å². The van der Waals surface area contributed by atoms with Gasteiger partial charge in [0.2, 0.25) is 0 Å². The molecule has 1 heterocycles. The molecule has 0 aromatic carbocycles. The van der Waals surface area contributed by atoms with E-state index >= 15 is 0 Å². The largest absolute Gasteiger partial charge is 0.394 e. The molecule has 6 heteroatoms. The Labute approximate surface area is 250 Å². The van der Waals surface area contributed by atoms with Crippen molar-refractivity contribution in [2.45, 2.75) is 155 Å². The molecule has 15 atom stereocenters. The average Bonchev–Trinajstić information content (AvgIpc) is 3.30. The van der Waals surface area contributed by atoms with E-state index in [1.165, 1.54) is 57.8 Å². The Hall–Kier alpha value is -0.240. The van der Waals surface area contributed by atoms with Crippen molar-refractivity contribution in [1.29, 1.82) is 0 Å². The number of aliphatic hydroxyl groups is 4. The Morgan fingerprint density at radius 2 is 1.54 bits per heavy atom. The van der Waals surface area contributed by atoms with Gasteiger partial charge in [0.15, 0.2) is 6.29 Å². The van der Waals surface area contributed by atoms with Crippen LogP contribution in [0.5, 0.6) is 0 Å². The molecule has 1 saturated heterocycles. The quantitative estimate of drug-likeness (QED) is 0.253. The van der Waals surface area contributed by atoms with Gasteiger partial charge in [0.25, 0.3) is 0 Å². The van der Waals surface area contributed by atoms with Gasteiger partial charge < -0.3 is 29.9 Å². The predicted molar refractivity (Wildman–Crippen MR) is 161 cm³/mol. The molecule has 0 aromatic heterocycles. The van der Waals surface area contributed by atoms with Crippen LogP contribution in [0.25, 0.3) is 0 Å². The van der Waals surface area contributed by atoms with Crippen molar-refractivity contribution in [1.82, 2.24) is 0 Å². The number of rotatable bonds is 9. The Balaban J connectivity index is 1.20. The maximum atomic E-state index is 10.5. The molecule has 41 heavy (non-hydrogen) atoms. The summed E-state index contributed by atoms with van der Waals surface area (Å²) in [4.78, 5) is 0. The van der Waals surface area contributed by atoms with Crippen LogP contribution < -0.4 is 0 Å². The first-order valence-corrected chi connectivity index (χ1v) is 17.4. The van der Waals surface area contributed by atoms with Crippen molar-refractivity contribution in [2.24, 2.45) is 58.2 Å². The number of aliphatic hydroxyl groups excluding tert-OH is 4. The third-order valence-electron chi connectivity index (χ3n) is 14.0.